The number of carbonyl (C=O) groups excluding carboxylic acids is 1. The lowest BCUT2D eigenvalue weighted by Gasteiger charge is -2.00. The molecule has 4 heteroatoms. The molecule has 0 spiro atoms. The van der Waals surface area contributed by atoms with Crippen molar-refractivity contribution >= 4 is 16.9 Å². The summed E-state index contributed by atoms with van der Waals surface area (Å²) in [5.41, 5.74) is 0.223. The molecule has 0 bridgehead atoms. The number of rotatable bonds is 1. The van der Waals surface area contributed by atoms with Gasteiger partial charge in [-0.1, -0.05) is 11.8 Å². The van der Waals surface area contributed by atoms with Crippen molar-refractivity contribution < 1.29 is 15.0 Å². The van der Waals surface area contributed by atoms with Gasteiger partial charge in [-0.25, -0.2) is 0 Å². The number of phenols is 2. The second-order valence-corrected chi connectivity index (χ2v) is 2.97. The number of aromatic hydroxyl groups is 2. The quantitative estimate of drug-likeness (QED) is 0.696. The van der Waals surface area contributed by atoms with E-state index in [1.54, 1.807) is 6.26 Å². The minimum absolute atomic E-state index is 0.0508. The highest BCUT2D eigenvalue weighted by molar-refractivity contribution is 8.13. The maximum atomic E-state index is 11.1. The molecule has 0 radical (unpaired) electrons. The van der Waals surface area contributed by atoms with E-state index < -0.39 is 0 Å². The first-order valence-electron chi connectivity index (χ1n) is 3.25. The second kappa shape index (κ2) is 3.49. The Morgan fingerprint density at radius 1 is 1.42 bits per heavy atom. The first-order chi connectivity index (χ1) is 5.65. The molecule has 0 fully saturated rings. The average Bonchev–Trinajstić information content (AvgIpc) is 2.03. The Bertz CT molecular complexity index is 309. The van der Waals surface area contributed by atoms with E-state index in [0.29, 0.717) is 0 Å². The van der Waals surface area contributed by atoms with E-state index in [0.717, 1.165) is 17.8 Å². The van der Waals surface area contributed by atoms with Gasteiger partial charge < -0.3 is 10.2 Å². The third kappa shape index (κ3) is 1.71. The maximum absolute atomic E-state index is 11.1. The standard InChI is InChI=1S/C8H8O3S/c1-12-8(11)6-3-2-5(9)4-7(6)10/h2-4,9-10H,1H3. The Hall–Kier alpha value is -1.16. The molecule has 0 saturated heterocycles. The summed E-state index contributed by atoms with van der Waals surface area (Å²) in [6.45, 7) is 0. The Kier molecular flexibility index (Phi) is 2.60. The van der Waals surface area contributed by atoms with Crippen molar-refractivity contribution in [2.45, 2.75) is 0 Å². The molecule has 0 aliphatic carbocycles. The van der Waals surface area contributed by atoms with Crippen LogP contribution in [0.4, 0.5) is 0 Å². The molecule has 64 valence electrons. The molecule has 2 N–H and O–H groups in total. The molecule has 1 aromatic carbocycles. The third-order valence-electron chi connectivity index (χ3n) is 1.39. The lowest BCUT2D eigenvalue weighted by Crippen LogP contribution is -1.91. The molecule has 1 rings (SSSR count). The van der Waals surface area contributed by atoms with E-state index in [4.69, 9.17) is 5.11 Å². The molecular weight excluding hydrogens is 176 g/mol. The van der Waals surface area contributed by atoms with E-state index in [1.165, 1.54) is 12.1 Å². The zero-order valence-corrected chi connectivity index (χ0v) is 7.26. The van der Waals surface area contributed by atoms with Gasteiger partial charge in [0.1, 0.15) is 11.5 Å². The predicted octanol–water partition coefficient (Wildman–Crippen LogP) is 1.60. The van der Waals surface area contributed by atoms with Gasteiger partial charge in [0.2, 0.25) is 5.12 Å². The van der Waals surface area contributed by atoms with Crippen LogP contribution >= 0.6 is 11.8 Å². The topological polar surface area (TPSA) is 57.5 Å². The third-order valence-corrected chi connectivity index (χ3v) is 1.98. The molecule has 3 nitrogen and oxygen atoms in total. The van der Waals surface area contributed by atoms with Crippen molar-refractivity contribution in [1.29, 1.82) is 0 Å². The summed E-state index contributed by atoms with van der Waals surface area (Å²) in [5, 5.41) is 17.9. The zero-order chi connectivity index (χ0) is 9.14. The van der Waals surface area contributed by atoms with Crippen molar-refractivity contribution in [3.05, 3.63) is 23.8 Å². The fraction of sp³-hybridized carbons (Fsp3) is 0.125. The summed E-state index contributed by atoms with van der Waals surface area (Å²) in [5.74, 6) is -0.237. The number of hydrogen-bond acceptors (Lipinski definition) is 4. The highest BCUT2D eigenvalue weighted by Gasteiger charge is 2.09. The smallest absolute Gasteiger partial charge is 0.222 e. The van der Waals surface area contributed by atoms with E-state index in [1.807, 2.05) is 0 Å². The second-order valence-electron chi connectivity index (χ2n) is 2.19. The number of carbonyl (C=O) groups is 1. The van der Waals surface area contributed by atoms with E-state index in [9.17, 15) is 9.90 Å². The molecule has 0 aliphatic heterocycles. The van der Waals surface area contributed by atoms with Crippen LogP contribution in [0.1, 0.15) is 10.4 Å². The molecule has 0 amide bonds. The molecule has 0 atom stereocenters. The number of hydrogen-bond donors (Lipinski definition) is 2. The van der Waals surface area contributed by atoms with Gasteiger partial charge >= 0.3 is 0 Å². The number of benzene rings is 1. The Morgan fingerprint density at radius 2 is 2.08 bits per heavy atom. The summed E-state index contributed by atoms with van der Waals surface area (Å²) in [6.07, 6.45) is 1.63. The molecule has 12 heavy (non-hydrogen) atoms. The fourth-order valence-corrected chi connectivity index (χ4v) is 1.20. The zero-order valence-electron chi connectivity index (χ0n) is 6.44. The van der Waals surface area contributed by atoms with Crippen LogP contribution in [-0.2, 0) is 0 Å². The summed E-state index contributed by atoms with van der Waals surface area (Å²) in [4.78, 5) is 11.1. The van der Waals surface area contributed by atoms with Crippen molar-refractivity contribution in [2.75, 3.05) is 6.26 Å². The fourth-order valence-electron chi connectivity index (χ4n) is 0.803. The van der Waals surface area contributed by atoms with Gasteiger partial charge in [0, 0.05) is 6.07 Å². The van der Waals surface area contributed by atoms with Gasteiger partial charge in [-0.3, -0.25) is 4.79 Å². The van der Waals surface area contributed by atoms with Crippen LogP contribution in [0.15, 0.2) is 18.2 Å². The average molecular weight is 184 g/mol. The first kappa shape index (κ1) is 8.93. The van der Waals surface area contributed by atoms with Gasteiger partial charge in [0.25, 0.3) is 0 Å². The largest absolute Gasteiger partial charge is 0.508 e. The molecule has 0 saturated carbocycles. The highest BCUT2D eigenvalue weighted by atomic mass is 32.2. The van der Waals surface area contributed by atoms with Gasteiger partial charge in [0.15, 0.2) is 0 Å². The maximum Gasteiger partial charge on any atom is 0.222 e. The lowest BCUT2D eigenvalue weighted by molar-refractivity contribution is 0.108. The van der Waals surface area contributed by atoms with Crippen LogP contribution in [-0.4, -0.2) is 21.6 Å². The normalized spacial score (nSPS) is 9.75. The first-order valence-corrected chi connectivity index (χ1v) is 4.48. The van der Waals surface area contributed by atoms with Crippen LogP contribution in [0.25, 0.3) is 0 Å². The van der Waals surface area contributed by atoms with Crippen LogP contribution in [0.3, 0.4) is 0 Å². The van der Waals surface area contributed by atoms with Gasteiger partial charge in [-0.05, 0) is 18.4 Å². The summed E-state index contributed by atoms with van der Waals surface area (Å²) < 4.78 is 0. The number of thioether (sulfide) groups is 1. The van der Waals surface area contributed by atoms with Gasteiger partial charge in [0.05, 0.1) is 5.56 Å². The van der Waals surface area contributed by atoms with E-state index in [-0.39, 0.29) is 22.2 Å². The molecule has 0 aromatic heterocycles. The Labute approximate surface area is 74.0 Å². The van der Waals surface area contributed by atoms with Crippen molar-refractivity contribution in [3.8, 4) is 11.5 Å². The molecular formula is C8H8O3S. The SMILES string of the molecule is CSC(=O)c1ccc(O)cc1O. The predicted molar refractivity (Wildman–Crippen MR) is 47.6 cm³/mol. The molecule has 0 aliphatic rings. The summed E-state index contributed by atoms with van der Waals surface area (Å²) in [6, 6.07) is 3.90. The summed E-state index contributed by atoms with van der Waals surface area (Å²) in [7, 11) is 0. The highest BCUT2D eigenvalue weighted by Crippen LogP contribution is 2.25. The van der Waals surface area contributed by atoms with Crippen LogP contribution < -0.4 is 0 Å². The number of phenolic OH excluding ortho intramolecular Hbond substituents is 2. The van der Waals surface area contributed by atoms with Crippen LogP contribution in [0, 0.1) is 0 Å². The van der Waals surface area contributed by atoms with E-state index in [2.05, 4.69) is 0 Å². The van der Waals surface area contributed by atoms with Crippen LogP contribution in [0.5, 0.6) is 11.5 Å². The monoisotopic (exact) mass is 184 g/mol. The summed E-state index contributed by atoms with van der Waals surface area (Å²) >= 11 is 1.02. The van der Waals surface area contributed by atoms with Crippen molar-refractivity contribution in [3.63, 3.8) is 0 Å². The molecule has 0 unspecified atom stereocenters. The lowest BCUT2D eigenvalue weighted by atomic mass is 10.2. The van der Waals surface area contributed by atoms with Crippen LogP contribution in [0.2, 0.25) is 0 Å². The van der Waals surface area contributed by atoms with Gasteiger partial charge in [-0.15, -0.1) is 0 Å². The Morgan fingerprint density at radius 3 is 2.58 bits per heavy atom. The molecule has 0 heterocycles. The molecule has 1 aromatic rings. The van der Waals surface area contributed by atoms with Crippen molar-refractivity contribution in [2.24, 2.45) is 0 Å². The van der Waals surface area contributed by atoms with Crippen molar-refractivity contribution in [1.82, 2.24) is 0 Å². The minimum atomic E-state index is -0.215. The minimum Gasteiger partial charge on any atom is -0.508 e. The van der Waals surface area contributed by atoms with E-state index >= 15 is 0 Å². The Balaban J connectivity index is 3.09. The van der Waals surface area contributed by atoms with Gasteiger partial charge in [-0.2, -0.15) is 0 Å².